The Morgan fingerprint density at radius 2 is 1.74 bits per heavy atom. The van der Waals surface area contributed by atoms with Crippen LogP contribution in [-0.2, 0) is 10.9 Å². The quantitative estimate of drug-likeness (QED) is 0.744. The Hall–Kier alpha value is -1.21. The van der Waals surface area contributed by atoms with Crippen LogP contribution >= 0.6 is 11.8 Å². The van der Waals surface area contributed by atoms with Gasteiger partial charge in [-0.15, -0.1) is 0 Å². The molecule has 1 saturated heterocycles. The van der Waals surface area contributed by atoms with Gasteiger partial charge in [0.25, 0.3) is 5.24 Å². The average molecular weight is 291 g/mol. The Balaban J connectivity index is 1.97. The molecule has 1 heterocycles. The predicted molar refractivity (Wildman–Crippen MR) is 65.1 cm³/mol. The summed E-state index contributed by atoms with van der Waals surface area (Å²) in [6.45, 7) is 2.04. The Morgan fingerprint density at radius 3 is 2.26 bits per heavy atom. The molecule has 1 fully saturated rings. The Kier molecular flexibility index (Phi) is 4.36. The zero-order valence-electron chi connectivity index (χ0n) is 9.94. The molecule has 1 aromatic carbocycles. The number of benzene rings is 1. The minimum absolute atomic E-state index is 0.164. The second kappa shape index (κ2) is 5.83. The van der Waals surface area contributed by atoms with Gasteiger partial charge < -0.3 is 9.64 Å². The first-order chi connectivity index (χ1) is 8.97. The lowest BCUT2D eigenvalue weighted by molar-refractivity contribution is -0.137. The molecule has 19 heavy (non-hydrogen) atoms. The van der Waals surface area contributed by atoms with Crippen molar-refractivity contribution in [3.8, 4) is 0 Å². The zero-order valence-corrected chi connectivity index (χ0v) is 10.8. The fraction of sp³-hybridized carbons (Fsp3) is 0.417. The topological polar surface area (TPSA) is 29.5 Å². The van der Waals surface area contributed by atoms with E-state index >= 15 is 0 Å². The van der Waals surface area contributed by atoms with Crippen LogP contribution in [0, 0.1) is 0 Å². The lowest BCUT2D eigenvalue weighted by atomic mass is 10.2. The van der Waals surface area contributed by atoms with Gasteiger partial charge in [0.05, 0.1) is 18.8 Å². The first-order valence-electron chi connectivity index (χ1n) is 5.68. The van der Waals surface area contributed by atoms with Crippen molar-refractivity contribution < 1.29 is 22.7 Å². The summed E-state index contributed by atoms with van der Waals surface area (Å²) in [7, 11) is 0. The van der Waals surface area contributed by atoms with Gasteiger partial charge in [-0.3, -0.25) is 4.79 Å². The van der Waals surface area contributed by atoms with E-state index in [0.29, 0.717) is 31.2 Å². The molecule has 0 unspecified atom stereocenters. The van der Waals surface area contributed by atoms with Crippen LogP contribution in [-0.4, -0.2) is 36.4 Å². The summed E-state index contributed by atoms with van der Waals surface area (Å²) in [5.41, 5.74) is -0.712. The van der Waals surface area contributed by atoms with E-state index in [1.54, 1.807) is 4.90 Å². The normalized spacial score (nSPS) is 16.5. The number of morpholine rings is 1. The van der Waals surface area contributed by atoms with Crippen LogP contribution in [0.5, 0.6) is 0 Å². The Morgan fingerprint density at radius 1 is 1.16 bits per heavy atom. The minimum Gasteiger partial charge on any atom is -0.378 e. The second-order valence-electron chi connectivity index (χ2n) is 3.99. The van der Waals surface area contributed by atoms with E-state index in [1.165, 1.54) is 12.1 Å². The third-order valence-corrected chi connectivity index (χ3v) is 3.60. The molecule has 3 nitrogen and oxygen atoms in total. The number of hydrogen-bond acceptors (Lipinski definition) is 3. The molecule has 0 atom stereocenters. The van der Waals surface area contributed by atoms with E-state index in [9.17, 15) is 18.0 Å². The monoisotopic (exact) mass is 291 g/mol. The van der Waals surface area contributed by atoms with E-state index in [-0.39, 0.29) is 5.24 Å². The van der Waals surface area contributed by atoms with Crippen molar-refractivity contribution in [3.05, 3.63) is 29.8 Å². The van der Waals surface area contributed by atoms with E-state index in [4.69, 9.17) is 4.74 Å². The predicted octanol–water partition coefficient (Wildman–Crippen LogP) is 3.25. The zero-order chi connectivity index (χ0) is 13.9. The van der Waals surface area contributed by atoms with Gasteiger partial charge in [0, 0.05) is 18.0 Å². The van der Waals surface area contributed by atoms with Gasteiger partial charge in [-0.2, -0.15) is 13.2 Å². The summed E-state index contributed by atoms with van der Waals surface area (Å²) in [6.07, 6.45) is -4.35. The number of thioether (sulfide) groups is 1. The highest BCUT2D eigenvalue weighted by atomic mass is 32.2. The summed E-state index contributed by atoms with van der Waals surface area (Å²) in [5.74, 6) is 0. The van der Waals surface area contributed by atoms with Gasteiger partial charge in [0.2, 0.25) is 0 Å². The molecule has 0 saturated carbocycles. The van der Waals surface area contributed by atoms with Crippen LogP contribution in [0.25, 0.3) is 0 Å². The third kappa shape index (κ3) is 3.87. The highest BCUT2D eigenvalue weighted by molar-refractivity contribution is 8.13. The maximum Gasteiger partial charge on any atom is 0.416 e. The number of alkyl halides is 3. The van der Waals surface area contributed by atoms with Crippen molar-refractivity contribution >= 4 is 17.0 Å². The van der Waals surface area contributed by atoms with Crippen LogP contribution in [0.1, 0.15) is 5.56 Å². The van der Waals surface area contributed by atoms with E-state index in [0.717, 1.165) is 23.9 Å². The third-order valence-electron chi connectivity index (χ3n) is 2.66. The van der Waals surface area contributed by atoms with Crippen molar-refractivity contribution in [3.63, 3.8) is 0 Å². The van der Waals surface area contributed by atoms with Crippen LogP contribution in [0.4, 0.5) is 18.0 Å². The molecular weight excluding hydrogens is 279 g/mol. The van der Waals surface area contributed by atoms with Gasteiger partial charge in [0.1, 0.15) is 0 Å². The molecule has 0 aliphatic carbocycles. The highest BCUT2D eigenvalue weighted by Gasteiger charge is 2.30. The molecule has 2 rings (SSSR count). The van der Waals surface area contributed by atoms with Crippen molar-refractivity contribution in [1.29, 1.82) is 0 Å². The number of carbonyl (C=O) groups excluding carboxylic acids is 1. The van der Waals surface area contributed by atoms with Gasteiger partial charge in [0.15, 0.2) is 0 Å². The fourth-order valence-electron chi connectivity index (χ4n) is 1.62. The van der Waals surface area contributed by atoms with Crippen molar-refractivity contribution in [2.75, 3.05) is 26.3 Å². The maximum atomic E-state index is 12.4. The van der Waals surface area contributed by atoms with Crippen LogP contribution in [0.2, 0.25) is 0 Å². The SMILES string of the molecule is O=C(Sc1ccc(C(F)(F)F)cc1)N1CCOCC1. The molecule has 0 N–H and O–H groups in total. The number of halogens is 3. The summed E-state index contributed by atoms with van der Waals surface area (Å²) in [6, 6.07) is 4.58. The van der Waals surface area contributed by atoms with Gasteiger partial charge in [-0.05, 0) is 36.0 Å². The first-order valence-corrected chi connectivity index (χ1v) is 6.50. The Labute approximate surface area is 112 Å². The number of rotatable bonds is 1. The summed E-state index contributed by atoms with van der Waals surface area (Å²) >= 11 is 0.934. The number of amides is 1. The van der Waals surface area contributed by atoms with Gasteiger partial charge in [-0.1, -0.05) is 0 Å². The second-order valence-corrected chi connectivity index (χ2v) is 5.01. The van der Waals surface area contributed by atoms with Crippen molar-refractivity contribution in [2.24, 2.45) is 0 Å². The highest BCUT2D eigenvalue weighted by Crippen LogP contribution is 2.31. The number of nitrogens with zero attached hydrogens (tertiary/aromatic N) is 1. The molecule has 1 amide bonds. The molecule has 0 spiro atoms. The number of carbonyl (C=O) groups is 1. The standard InChI is InChI=1S/C12H12F3NO2S/c13-12(14,15)9-1-3-10(4-2-9)19-11(17)16-5-7-18-8-6-16/h1-4H,5-8H2. The molecule has 0 radical (unpaired) electrons. The summed E-state index contributed by atoms with van der Waals surface area (Å²) < 4.78 is 42.3. The number of ether oxygens (including phenoxy) is 1. The van der Waals surface area contributed by atoms with E-state index < -0.39 is 11.7 Å². The molecule has 7 heteroatoms. The molecule has 104 valence electrons. The summed E-state index contributed by atoms with van der Waals surface area (Å²) in [5, 5.41) is -0.164. The molecule has 0 bridgehead atoms. The van der Waals surface area contributed by atoms with Crippen LogP contribution < -0.4 is 0 Å². The summed E-state index contributed by atoms with van der Waals surface area (Å²) in [4.78, 5) is 14.0. The first kappa shape index (κ1) is 14.2. The average Bonchev–Trinajstić information content (AvgIpc) is 2.39. The minimum atomic E-state index is -4.35. The lowest BCUT2D eigenvalue weighted by Crippen LogP contribution is -2.38. The smallest absolute Gasteiger partial charge is 0.378 e. The molecule has 1 aliphatic rings. The molecule has 1 aromatic rings. The maximum absolute atomic E-state index is 12.4. The van der Waals surface area contributed by atoms with Gasteiger partial charge in [-0.25, -0.2) is 0 Å². The van der Waals surface area contributed by atoms with Crippen LogP contribution in [0.3, 0.4) is 0 Å². The molecule has 0 aromatic heterocycles. The number of hydrogen-bond donors (Lipinski definition) is 0. The fourth-order valence-corrected chi connectivity index (χ4v) is 2.41. The van der Waals surface area contributed by atoms with Crippen molar-refractivity contribution in [1.82, 2.24) is 4.90 Å². The van der Waals surface area contributed by atoms with Crippen molar-refractivity contribution in [2.45, 2.75) is 11.1 Å². The largest absolute Gasteiger partial charge is 0.416 e. The van der Waals surface area contributed by atoms with E-state index in [1.807, 2.05) is 0 Å². The molecular formula is C12H12F3NO2S. The molecule has 1 aliphatic heterocycles. The lowest BCUT2D eigenvalue weighted by Gasteiger charge is -2.26. The van der Waals surface area contributed by atoms with Gasteiger partial charge >= 0.3 is 6.18 Å². The van der Waals surface area contributed by atoms with E-state index in [2.05, 4.69) is 0 Å². The van der Waals surface area contributed by atoms with Crippen LogP contribution in [0.15, 0.2) is 29.2 Å². The Bertz CT molecular complexity index is 441.